The summed E-state index contributed by atoms with van der Waals surface area (Å²) < 4.78 is 1.76. The van der Waals surface area contributed by atoms with Gasteiger partial charge in [0.15, 0.2) is 16.6 Å². The molecule has 6 heteroatoms. The van der Waals surface area contributed by atoms with Gasteiger partial charge in [-0.3, -0.25) is 9.38 Å². The maximum Gasteiger partial charge on any atom is 0.198 e. The second-order valence-corrected chi connectivity index (χ2v) is 3.51. The Bertz CT molecular complexity index is 634. The Morgan fingerprint density at radius 3 is 2.81 bits per heavy atom. The lowest BCUT2D eigenvalue weighted by Crippen LogP contribution is -1.92. The third-order valence-electron chi connectivity index (χ3n) is 2.18. The maximum atomic E-state index is 5.90. The second-order valence-electron chi connectivity index (χ2n) is 3.15. The quantitative estimate of drug-likeness (QED) is 0.641. The molecule has 0 aromatic carbocycles. The summed E-state index contributed by atoms with van der Waals surface area (Å²) in [5.74, 6) is 0.653. The Balaban J connectivity index is 2.30. The molecule has 78 valence electrons. The fourth-order valence-electron chi connectivity index (χ4n) is 1.47. The smallest absolute Gasteiger partial charge is 0.198 e. The molecule has 0 aliphatic carbocycles. The van der Waals surface area contributed by atoms with Crippen molar-refractivity contribution in [2.45, 2.75) is 0 Å². The molecular weight excluding hydrogens is 226 g/mol. The van der Waals surface area contributed by atoms with E-state index in [-0.39, 0.29) is 0 Å². The largest absolute Gasteiger partial charge is 0.277 e. The Morgan fingerprint density at radius 1 is 1.06 bits per heavy atom. The van der Waals surface area contributed by atoms with Crippen molar-refractivity contribution in [1.82, 2.24) is 24.6 Å². The molecule has 16 heavy (non-hydrogen) atoms. The number of halogens is 1. The lowest BCUT2D eigenvalue weighted by Gasteiger charge is -1.98. The normalized spacial score (nSPS) is 10.8. The predicted molar refractivity (Wildman–Crippen MR) is 59.0 cm³/mol. The molecule has 3 heterocycles. The Labute approximate surface area is 95.8 Å². The van der Waals surface area contributed by atoms with E-state index < -0.39 is 0 Å². The fourth-order valence-corrected chi connectivity index (χ4v) is 1.65. The van der Waals surface area contributed by atoms with Crippen LogP contribution in [0.2, 0.25) is 5.15 Å². The number of pyridine rings is 1. The molecule has 0 bridgehead atoms. The van der Waals surface area contributed by atoms with Crippen LogP contribution in [0.4, 0.5) is 0 Å². The summed E-state index contributed by atoms with van der Waals surface area (Å²) in [6, 6.07) is 5.61. The van der Waals surface area contributed by atoms with Crippen molar-refractivity contribution in [3.05, 3.63) is 41.9 Å². The van der Waals surface area contributed by atoms with E-state index in [9.17, 15) is 0 Å². The van der Waals surface area contributed by atoms with Crippen molar-refractivity contribution in [2.75, 3.05) is 0 Å². The molecule has 0 atom stereocenters. The summed E-state index contributed by atoms with van der Waals surface area (Å²) in [7, 11) is 0. The van der Waals surface area contributed by atoms with Gasteiger partial charge in [0.25, 0.3) is 0 Å². The number of hydrogen-bond acceptors (Lipinski definition) is 4. The lowest BCUT2D eigenvalue weighted by molar-refractivity contribution is 1.09. The zero-order chi connectivity index (χ0) is 11.0. The van der Waals surface area contributed by atoms with Crippen LogP contribution in [0.15, 0.2) is 36.8 Å². The number of rotatable bonds is 1. The van der Waals surface area contributed by atoms with E-state index >= 15 is 0 Å². The van der Waals surface area contributed by atoms with Crippen LogP contribution in [0.1, 0.15) is 0 Å². The molecular formula is C10H6ClN5. The third-order valence-corrected chi connectivity index (χ3v) is 2.44. The highest BCUT2D eigenvalue weighted by atomic mass is 35.5. The van der Waals surface area contributed by atoms with E-state index in [0.717, 1.165) is 5.69 Å². The Hall–Kier alpha value is -2.01. The van der Waals surface area contributed by atoms with Gasteiger partial charge in [0, 0.05) is 18.6 Å². The number of hydrogen-bond donors (Lipinski definition) is 0. The molecule has 0 spiro atoms. The lowest BCUT2D eigenvalue weighted by atomic mass is 10.3. The van der Waals surface area contributed by atoms with Crippen molar-refractivity contribution >= 4 is 17.2 Å². The van der Waals surface area contributed by atoms with Crippen molar-refractivity contribution in [1.29, 1.82) is 0 Å². The first-order valence-corrected chi connectivity index (χ1v) is 5.01. The second kappa shape index (κ2) is 3.53. The molecule has 3 aromatic rings. The van der Waals surface area contributed by atoms with E-state index in [2.05, 4.69) is 20.2 Å². The third kappa shape index (κ3) is 1.33. The first kappa shape index (κ1) is 9.23. The summed E-state index contributed by atoms with van der Waals surface area (Å²) in [5, 5.41) is 8.36. The van der Waals surface area contributed by atoms with Crippen LogP contribution in [-0.4, -0.2) is 24.6 Å². The summed E-state index contributed by atoms with van der Waals surface area (Å²) in [6.45, 7) is 0. The van der Waals surface area contributed by atoms with Crippen LogP contribution in [0.25, 0.3) is 17.2 Å². The van der Waals surface area contributed by atoms with Gasteiger partial charge in [0.2, 0.25) is 0 Å². The van der Waals surface area contributed by atoms with Crippen LogP contribution < -0.4 is 0 Å². The zero-order valence-electron chi connectivity index (χ0n) is 8.08. The first-order chi connectivity index (χ1) is 7.86. The predicted octanol–water partition coefficient (Wildman–Crippen LogP) is 1.84. The SMILES string of the molecule is Clc1nccn2c(-c3ccccn3)nnc12. The van der Waals surface area contributed by atoms with Gasteiger partial charge in [0.05, 0.1) is 0 Å². The highest BCUT2D eigenvalue weighted by Crippen LogP contribution is 2.18. The zero-order valence-corrected chi connectivity index (χ0v) is 8.83. The average molecular weight is 232 g/mol. The van der Waals surface area contributed by atoms with Crippen LogP contribution in [0.5, 0.6) is 0 Å². The minimum atomic E-state index is 0.331. The van der Waals surface area contributed by atoms with Crippen molar-refractivity contribution in [2.24, 2.45) is 0 Å². The van der Waals surface area contributed by atoms with Gasteiger partial charge in [-0.1, -0.05) is 17.7 Å². The topological polar surface area (TPSA) is 56.0 Å². The molecule has 0 unspecified atom stereocenters. The summed E-state index contributed by atoms with van der Waals surface area (Å²) in [6.07, 6.45) is 5.07. The van der Waals surface area contributed by atoms with Gasteiger partial charge in [-0.15, -0.1) is 10.2 Å². The molecule has 5 nitrogen and oxygen atoms in total. The van der Waals surface area contributed by atoms with Gasteiger partial charge in [-0.05, 0) is 12.1 Å². The molecule has 0 fully saturated rings. The molecule has 0 radical (unpaired) electrons. The Kier molecular flexibility index (Phi) is 2.04. The van der Waals surface area contributed by atoms with E-state index in [1.165, 1.54) is 0 Å². The van der Waals surface area contributed by atoms with Gasteiger partial charge in [0.1, 0.15) is 5.69 Å². The highest BCUT2D eigenvalue weighted by molar-refractivity contribution is 6.32. The summed E-state index contributed by atoms with van der Waals surface area (Å²) in [5.41, 5.74) is 1.28. The fraction of sp³-hybridized carbons (Fsp3) is 0. The molecule has 0 aliphatic rings. The number of aromatic nitrogens is 5. The monoisotopic (exact) mass is 231 g/mol. The van der Waals surface area contributed by atoms with E-state index in [1.807, 2.05) is 18.2 Å². The molecule has 0 saturated carbocycles. The summed E-state index contributed by atoms with van der Waals surface area (Å²) in [4.78, 5) is 8.15. The minimum absolute atomic E-state index is 0.331. The maximum absolute atomic E-state index is 5.90. The van der Waals surface area contributed by atoms with Crippen LogP contribution in [0, 0.1) is 0 Å². The van der Waals surface area contributed by atoms with E-state index in [0.29, 0.717) is 16.6 Å². The van der Waals surface area contributed by atoms with Gasteiger partial charge < -0.3 is 0 Å². The highest BCUT2D eigenvalue weighted by Gasteiger charge is 2.10. The molecule has 0 amide bonds. The van der Waals surface area contributed by atoms with Crippen LogP contribution in [-0.2, 0) is 0 Å². The standard InChI is InChI=1S/C10H6ClN5/c11-8-10-15-14-9(16(10)6-5-13-8)7-3-1-2-4-12-7/h1-6H. The molecule has 0 N–H and O–H groups in total. The number of fused-ring (bicyclic) bond motifs is 1. The number of nitrogens with zero attached hydrogens (tertiary/aromatic N) is 5. The summed E-state index contributed by atoms with van der Waals surface area (Å²) >= 11 is 5.90. The van der Waals surface area contributed by atoms with Crippen molar-refractivity contribution < 1.29 is 0 Å². The van der Waals surface area contributed by atoms with Crippen molar-refractivity contribution in [3.8, 4) is 11.5 Å². The molecule has 3 rings (SSSR count). The molecule has 0 saturated heterocycles. The van der Waals surface area contributed by atoms with Gasteiger partial charge in [-0.2, -0.15) is 0 Å². The van der Waals surface area contributed by atoms with E-state index in [4.69, 9.17) is 11.6 Å². The van der Waals surface area contributed by atoms with Crippen molar-refractivity contribution in [3.63, 3.8) is 0 Å². The first-order valence-electron chi connectivity index (χ1n) is 4.63. The minimum Gasteiger partial charge on any atom is -0.277 e. The van der Waals surface area contributed by atoms with Crippen LogP contribution >= 0.6 is 11.6 Å². The van der Waals surface area contributed by atoms with E-state index in [1.54, 1.807) is 23.0 Å². The van der Waals surface area contributed by atoms with Gasteiger partial charge >= 0.3 is 0 Å². The molecule has 0 aliphatic heterocycles. The Morgan fingerprint density at radius 2 is 2.00 bits per heavy atom. The van der Waals surface area contributed by atoms with Gasteiger partial charge in [-0.25, -0.2) is 4.98 Å². The molecule has 3 aromatic heterocycles. The average Bonchev–Trinajstić information content (AvgIpc) is 2.75. The van der Waals surface area contributed by atoms with Crippen LogP contribution in [0.3, 0.4) is 0 Å².